The number of rotatable bonds is 6. The van der Waals surface area contributed by atoms with Crippen molar-refractivity contribution >= 4 is 21.4 Å². The molecule has 6 heteroatoms. The lowest BCUT2D eigenvalue weighted by molar-refractivity contribution is 0.547. The van der Waals surface area contributed by atoms with E-state index < -0.39 is 10.0 Å². The summed E-state index contributed by atoms with van der Waals surface area (Å²) in [5, 5.41) is 3.27. The first-order valence-corrected chi connectivity index (χ1v) is 7.87. The standard InChI is InChI=1S/C13H23N3O2S/c1-5-13(3,4)16-12-9-10(7-8-11(12)14)19(17,18)15-6-2/h7-9,15-16H,5-6,14H2,1-4H3. The van der Waals surface area contributed by atoms with Crippen LogP contribution >= 0.6 is 0 Å². The van der Waals surface area contributed by atoms with Crippen LogP contribution in [0.5, 0.6) is 0 Å². The highest BCUT2D eigenvalue weighted by atomic mass is 32.2. The Labute approximate surface area is 115 Å². The minimum atomic E-state index is -3.46. The molecule has 5 nitrogen and oxygen atoms in total. The summed E-state index contributed by atoms with van der Waals surface area (Å²) in [6.45, 7) is 8.24. The maximum absolute atomic E-state index is 12.0. The zero-order chi connectivity index (χ0) is 14.7. The molecule has 1 rings (SSSR count). The highest BCUT2D eigenvalue weighted by Crippen LogP contribution is 2.26. The Hall–Kier alpha value is -1.27. The highest BCUT2D eigenvalue weighted by molar-refractivity contribution is 7.89. The van der Waals surface area contributed by atoms with Gasteiger partial charge < -0.3 is 11.1 Å². The van der Waals surface area contributed by atoms with Crippen molar-refractivity contribution in [3.8, 4) is 0 Å². The fourth-order valence-electron chi connectivity index (χ4n) is 1.54. The molecule has 0 aliphatic heterocycles. The lowest BCUT2D eigenvalue weighted by Crippen LogP contribution is -2.30. The molecule has 0 aliphatic carbocycles. The van der Waals surface area contributed by atoms with Crippen molar-refractivity contribution in [2.45, 2.75) is 44.6 Å². The number of anilines is 2. The summed E-state index contributed by atoms with van der Waals surface area (Å²) < 4.78 is 26.4. The van der Waals surface area contributed by atoms with Crippen LogP contribution in [0.1, 0.15) is 34.1 Å². The lowest BCUT2D eigenvalue weighted by atomic mass is 10.0. The van der Waals surface area contributed by atoms with Gasteiger partial charge in [0.05, 0.1) is 16.3 Å². The zero-order valence-corrected chi connectivity index (χ0v) is 12.8. The first kappa shape index (κ1) is 15.8. The van der Waals surface area contributed by atoms with Crippen molar-refractivity contribution in [2.75, 3.05) is 17.6 Å². The fraction of sp³-hybridized carbons (Fsp3) is 0.538. The smallest absolute Gasteiger partial charge is 0.240 e. The molecule has 0 spiro atoms. The number of sulfonamides is 1. The van der Waals surface area contributed by atoms with E-state index in [2.05, 4.69) is 17.0 Å². The quantitative estimate of drug-likeness (QED) is 0.699. The van der Waals surface area contributed by atoms with E-state index in [9.17, 15) is 8.42 Å². The van der Waals surface area contributed by atoms with Gasteiger partial charge in [0.1, 0.15) is 0 Å². The molecule has 19 heavy (non-hydrogen) atoms. The third-order valence-corrected chi connectivity index (χ3v) is 4.57. The normalized spacial score (nSPS) is 12.4. The summed E-state index contributed by atoms with van der Waals surface area (Å²) in [5.41, 5.74) is 6.93. The summed E-state index contributed by atoms with van der Waals surface area (Å²) >= 11 is 0. The summed E-state index contributed by atoms with van der Waals surface area (Å²) in [7, 11) is -3.46. The van der Waals surface area contributed by atoms with Crippen LogP contribution < -0.4 is 15.8 Å². The first-order chi connectivity index (χ1) is 8.72. The van der Waals surface area contributed by atoms with Crippen LogP contribution in [0, 0.1) is 0 Å². The van der Waals surface area contributed by atoms with E-state index in [-0.39, 0.29) is 10.4 Å². The van der Waals surface area contributed by atoms with E-state index in [1.807, 2.05) is 13.8 Å². The Bertz CT molecular complexity index is 539. The van der Waals surface area contributed by atoms with Crippen molar-refractivity contribution in [1.82, 2.24) is 4.72 Å². The largest absolute Gasteiger partial charge is 0.397 e. The SMILES string of the molecule is CCNS(=O)(=O)c1ccc(N)c(NC(C)(C)CC)c1. The minimum Gasteiger partial charge on any atom is -0.397 e. The van der Waals surface area contributed by atoms with E-state index in [4.69, 9.17) is 5.73 Å². The predicted molar refractivity (Wildman–Crippen MR) is 79.7 cm³/mol. The van der Waals surface area contributed by atoms with Gasteiger partial charge in [0.15, 0.2) is 0 Å². The van der Waals surface area contributed by atoms with Crippen molar-refractivity contribution in [3.05, 3.63) is 18.2 Å². The van der Waals surface area contributed by atoms with Gasteiger partial charge in [-0.05, 0) is 38.5 Å². The lowest BCUT2D eigenvalue weighted by Gasteiger charge is -2.27. The van der Waals surface area contributed by atoms with Crippen LogP contribution in [0.3, 0.4) is 0 Å². The average Bonchev–Trinajstić information content (AvgIpc) is 2.31. The summed E-state index contributed by atoms with van der Waals surface area (Å²) in [6.07, 6.45) is 0.899. The van der Waals surface area contributed by atoms with Gasteiger partial charge in [-0.1, -0.05) is 13.8 Å². The van der Waals surface area contributed by atoms with Gasteiger partial charge >= 0.3 is 0 Å². The number of nitrogens with two attached hydrogens (primary N) is 1. The van der Waals surface area contributed by atoms with Gasteiger partial charge in [-0.15, -0.1) is 0 Å². The fourth-order valence-corrected chi connectivity index (χ4v) is 2.60. The maximum Gasteiger partial charge on any atom is 0.240 e. The van der Waals surface area contributed by atoms with Crippen LogP contribution in [-0.4, -0.2) is 20.5 Å². The molecule has 1 aromatic rings. The monoisotopic (exact) mass is 285 g/mol. The van der Waals surface area contributed by atoms with Crippen molar-refractivity contribution < 1.29 is 8.42 Å². The topological polar surface area (TPSA) is 84.2 Å². The van der Waals surface area contributed by atoms with E-state index in [1.54, 1.807) is 19.1 Å². The van der Waals surface area contributed by atoms with E-state index >= 15 is 0 Å². The van der Waals surface area contributed by atoms with Crippen molar-refractivity contribution in [2.24, 2.45) is 0 Å². The van der Waals surface area contributed by atoms with Gasteiger partial charge in [-0.2, -0.15) is 0 Å². The average molecular weight is 285 g/mol. The second kappa shape index (κ2) is 5.79. The Kier molecular flexibility index (Phi) is 4.81. The second-order valence-corrected chi connectivity index (χ2v) is 6.88. The molecule has 0 atom stereocenters. The molecule has 0 fully saturated rings. The van der Waals surface area contributed by atoms with E-state index in [0.717, 1.165) is 6.42 Å². The van der Waals surface area contributed by atoms with Gasteiger partial charge in [-0.3, -0.25) is 0 Å². The number of nitrogens with one attached hydrogen (secondary N) is 2. The predicted octanol–water partition coefficient (Wildman–Crippen LogP) is 2.17. The van der Waals surface area contributed by atoms with Gasteiger partial charge in [-0.25, -0.2) is 13.1 Å². The summed E-state index contributed by atoms with van der Waals surface area (Å²) in [5.74, 6) is 0. The molecule has 0 heterocycles. The highest BCUT2D eigenvalue weighted by Gasteiger charge is 2.18. The van der Waals surface area contributed by atoms with E-state index in [1.165, 1.54) is 6.07 Å². The molecule has 0 unspecified atom stereocenters. The maximum atomic E-state index is 12.0. The van der Waals surface area contributed by atoms with Crippen molar-refractivity contribution in [1.29, 1.82) is 0 Å². The molecule has 0 aromatic heterocycles. The van der Waals surface area contributed by atoms with Crippen LogP contribution in [-0.2, 0) is 10.0 Å². The van der Waals surface area contributed by atoms with Crippen LogP contribution in [0.4, 0.5) is 11.4 Å². The minimum absolute atomic E-state index is 0.144. The van der Waals surface area contributed by atoms with E-state index in [0.29, 0.717) is 17.9 Å². The third-order valence-electron chi connectivity index (χ3n) is 3.03. The molecule has 4 N–H and O–H groups in total. The Balaban J connectivity index is 3.15. The van der Waals surface area contributed by atoms with Crippen LogP contribution in [0.15, 0.2) is 23.1 Å². The summed E-state index contributed by atoms with van der Waals surface area (Å²) in [4.78, 5) is 0.220. The first-order valence-electron chi connectivity index (χ1n) is 6.39. The molecule has 0 saturated carbocycles. The number of nitrogen functional groups attached to an aromatic ring is 1. The Morgan fingerprint density at radius 1 is 1.26 bits per heavy atom. The molecular formula is C13H23N3O2S. The van der Waals surface area contributed by atoms with Gasteiger partial charge in [0, 0.05) is 12.1 Å². The molecule has 1 aromatic carbocycles. The number of hydrogen-bond donors (Lipinski definition) is 3. The number of benzene rings is 1. The molecular weight excluding hydrogens is 262 g/mol. The summed E-state index contributed by atoms with van der Waals surface area (Å²) in [6, 6.07) is 4.69. The molecule has 0 bridgehead atoms. The second-order valence-electron chi connectivity index (χ2n) is 5.11. The Morgan fingerprint density at radius 2 is 1.89 bits per heavy atom. The molecule has 0 radical (unpaired) electrons. The molecule has 0 saturated heterocycles. The molecule has 108 valence electrons. The molecule has 0 aliphatic rings. The van der Waals surface area contributed by atoms with Crippen molar-refractivity contribution in [3.63, 3.8) is 0 Å². The third kappa shape index (κ3) is 4.11. The number of hydrogen-bond acceptors (Lipinski definition) is 4. The zero-order valence-electron chi connectivity index (χ0n) is 11.9. The molecule has 0 amide bonds. The van der Waals surface area contributed by atoms with Crippen LogP contribution in [0.25, 0.3) is 0 Å². The Morgan fingerprint density at radius 3 is 2.42 bits per heavy atom. The van der Waals surface area contributed by atoms with Gasteiger partial charge in [0.25, 0.3) is 0 Å². The van der Waals surface area contributed by atoms with Crippen LogP contribution in [0.2, 0.25) is 0 Å². The van der Waals surface area contributed by atoms with Gasteiger partial charge in [0.2, 0.25) is 10.0 Å².